The van der Waals surface area contributed by atoms with Crippen LogP contribution in [0, 0.1) is 6.92 Å². The maximum Gasteiger partial charge on any atom is 0.224 e. The highest BCUT2D eigenvalue weighted by Gasteiger charge is 2.10. The van der Waals surface area contributed by atoms with Crippen LogP contribution < -0.4 is 15.4 Å². The maximum atomic E-state index is 12.2. The minimum Gasteiger partial charge on any atom is -0.457 e. The SMILES string of the molecule is Cc1ccc(NC(=O)CCc2ccc(Oc3ccnc(C4=NCCN4)c3)cc2)cc1. The van der Waals surface area contributed by atoms with Crippen molar-refractivity contribution in [1.82, 2.24) is 10.3 Å². The molecule has 3 aromatic rings. The van der Waals surface area contributed by atoms with Crippen molar-refractivity contribution >= 4 is 17.4 Å². The zero-order chi connectivity index (χ0) is 20.8. The Morgan fingerprint density at radius 2 is 1.87 bits per heavy atom. The fourth-order valence-electron chi connectivity index (χ4n) is 3.15. The summed E-state index contributed by atoms with van der Waals surface area (Å²) in [4.78, 5) is 20.9. The number of carbonyl (C=O) groups excluding carboxylic acids is 1. The third-order valence-corrected chi connectivity index (χ3v) is 4.78. The molecule has 4 rings (SSSR count). The van der Waals surface area contributed by atoms with E-state index in [1.165, 1.54) is 5.56 Å². The van der Waals surface area contributed by atoms with Gasteiger partial charge in [-0.05, 0) is 49.2 Å². The molecule has 6 nitrogen and oxygen atoms in total. The molecule has 0 radical (unpaired) electrons. The first-order valence-electron chi connectivity index (χ1n) is 10.0. The van der Waals surface area contributed by atoms with Gasteiger partial charge in [-0.25, -0.2) is 0 Å². The summed E-state index contributed by atoms with van der Waals surface area (Å²) in [5.41, 5.74) is 3.86. The van der Waals surface area contributed by atoms with Crippen molar-refractivity contribution in [1.29, 1.82) is 0 Å². The summed E-state index contributed by atoms with van der Waals surface area (Å²) in [6.45, 7) is 3.63. The van der Waals surface area contributed by atoms with Crippen LogP contribution in [0.3, 0.4) is 0 Å². The van der Waals surface area contributed by atoms with Gasteiger partial charge in [0.1, 0.15) is 23.0 Å². The molecule has 2 N–H and O–H groups in total. The summed E-state index contributed by atoms with van der Waals surface area (Å²) >= 11 is 0. The van der Waals surface area contributed by atoms with Gasteiger partial charge in [0.15, 0.2) is 0 Å². The van der Waals surface area contributed by atoms with Gasteiger partial charge in [-0.3, -0.25) is 14.8 Å². The monoisotopic (exact) mass is 400 g/mol. The molecule has 0 saturated heterocycles. The lowest BCUT2D eigenvalue weighted by molar-refractivity contribution is -0.116. The van der Waals surface area contributed by atoms with Gasteiger partial charge in [0.2, 0.25) is 5.91 Å². The number of aromatic nitrogens is 1. The van der Waals surface area contributed by atoms with Gasteiger partial charge < -0.3 is 15.4 Å². The highest BCUT2D eigenvalue weighted by Crippen LogP contribution is 2.22. The first kappa shape index (κ1) is 19.6. The first-order valence-corrected chi connectivity index (χ1v) is 10.0. The maximum absolute atomic E-state index is 12.2. The standard InChI is InChI=1S/C24H24N4O2/c1-17-2-7-19(8-3-17)28-23(29)11-6-18-4-9-20(10-5-18)30-21-12-13-25-22(16-21)24-26-14-15-27-24/h2-5,7-10,12-13,16H,6,11,14-15H2,1H3,(H,26,27)(H,28,29). The van der Waals surface area contributed by atoms with Gasteiger partial charge in [-0.15, -0.1) is 0 Å². The normalized spacial score (nSPS) is 12.8. The van der Waals surface area contributed by atoms with Crippen LogP contribution in [0.2, 0.25) is 0 Å². The Kier molecular flexibility index (Phi) is 6.03. The van der Waals surface area contributed by atoms with Crippen molar-refractivity contribution in [2.45, 2.75) is 19.8 Å². The molecule has 0 bridgehead atoms. The third-order valence-electron chi connectivity index (χ3n) is 4.78. The molecule has 0 aliphatic carbocycles. The highest BCUT2D eigenvalue weighted by molar-refractivity contribution is 5.98. The van der Waals surface area contributed by atoms with Crippen molar-refractivity contribution < 1.29 is 9.53 Å². The first-order chi connectivity index (χ1) is 14.7. The van der Waals surface area contributed by atoms with Gasteiger partial charge >= 0.3 is 0 Å². The molecular formula is C24H24N4O2. The molecule has 0 saturated carbocycles. The topological polar surface area (TPSA) is 75.6 Å². The molecule has 152 valence electrons. The predicted octanol–water partition coefficient (Wildman–Crippen LogP) is 4.10. The van der Waals surface area contributed by atoms with Crippen molar-refractivity contribution in [3.05, 3.63) is 83.7 Å². The minimum absolute atomic E-state index is 0.00642. The van der Waals surface area contributed by atoms with Crippen LogP contribution in [0.1, 0.15) is 23.2 Å². The fourth-order valence-corrected chi connectivity index (χ4v) is 3.15. The molecule has 30 heavy (non-hydrogen) atoms. The lowest BCUT2D eigenvalue weighted by Gasteiger charge is -2.09. The summed E-state index contributed by atoms with van der Waals surface area (Å²) < 4.78 is 5.95. The number of hydrogen-bond acceptors (Lipinski definition) is 5. The lowest BCUT2D eigenvalue weighted by Crippen LogP contribution is -2.20. The van der Waals surface area contributed by atoms with Crippen LogP contribution in [0.15, 0.2) is 71.9 Å². The molecule has 0 spiro atoms. The Morgan fingerprint density at radius 1 is 1.07 bits per heavy atom. The second kappa shape index (κ2) is 9.22. The lowest BCUT2D eigenvalue weighted by atomic mass is 10.1. The van der Waals surface area contributed by atoms with E-state index in [4.69, 9.17) is 4.74 Å². The number of aryl methyl sites for hydroxylation is 2. The molecular weight excluding hydrogens is 376 g/mol. The Morgan fingerprint density at radius 3 is 2.60 bits per heavy atom. The van der Waals surface area contributed by atoms with E-state index in [9.17, 15) is 4.79 Å². The number of pyridine rings is 1. The quantitative estimate of drug-likeness (QED) is 0.626. The molecule has 1 aliphatic heterocycles. The molecule has 0 atom stereocenters. The summed E-state index contributed by atoms with van der Waals surface area (Å²) in [5, 5.41) is 6.14. The van der Waals surface area contributed by atoms with Gasteiger partial charge in [0.05, 0.1) is 6.54 Å². The molecule has 1 aromatic heterocycles. The number of anilines is 1. The predicted molar refractivity (Wildman–Crippen MR) is 118 cm³/mol. The highest BCUT2D eigenvalue weighted by atomic mass is 16.5. The molecule has 1 aliphatic rings. The number of hydrogen-bond donors (Lipinski definition) is 2. The fraction of sp³-hybridized carbons (Fsp3) is 0.208. The number of ether oxygens (including phenoxy) is 1. The number of aliphatic imine (C=N–C) groups is 1. The Bertz CT molecular complexity index is 1040. The van der Waals surface area contributed by atoms with E-state index in [0.717, 1.165) is 41.6 Å². The average Bonchev–Trinajstić information content (AvgIpc) is 3.30. The second-order valence-corrected chi connectivity index (χ2v) is 7.19. The minimum atomic E-state index is 0.00642. The van der Waals surface area contributed by atoms with Crippen LogP contribution in [0.25, 0.3) is 0 Å². The number of nitrogens with zero attached hydrogens (tertiary/aromatic N) is 2. The third kappa shape index (κ3) is 5.23. The Labute approximate surface area is 176 Å². The van der Waals surface area contributed by atoms with E-state index in [2.05, 4.69) is 20.6 Å². The molecule has 2 heterocycles. The molecule has 0 unspecified atom stereocenters. The number of nitrogens with one attached hydrogen (secondary N) is 2. The number of rotatable bonds is 7. The number of carbonyl (C=O) groups is 1. The van der Waals surface area contributed by atoms with Crippen LogP contribution >= 0.6 is 0 Å². The zero-order valence-corrected chi connectivity index (χ0v) is 16.9. The zero-order valence-electron chi connectivity index (χ0n) is 16.9. The largest absolute Gasteiger partial charge is 0.457 e. The number of amidine groups is 1. The van der Waals surface area contributed by atoms with Crippen molar-refractivity contribution in [3.63, 3.8) is 0 Å². The van der Waals surface area contributed by atoms with Crippen LogP contribution in [0.5, 0.6) is 11.5 Å². The molecule has 6 heteroatoms. The number of amides is 1. The summed E-state index contributed by atoms with van der Waals surface area (Å²) in [6, 6.07) is 19.3. The van der Waals surface area contributed by atoms with Crippen molar-refractivity contribution in [2.24, 2.45) is 4.99 Å². The van der Waals surface area contributed by atoms with Gasteiger partial charge in [-0.2, -0.15) is 0 Å². The summed E-state index contributed by atoms with van der Waals surface area (Å²) in [7, 11) is 0. The van der Waals surface area contributed by atoms with Crippen molar-refractivity contribution in [2.75, 3.05) is 18.4 Å². The average molecular weight is 400 g/mol. The van der Waals surface area contributed by atoms with Crippen molar-refractivity contribution in [3.8, 4) is 11.5 Å². The van der Waals surface area contributed by atoms with Gasteiger partial charge in [0, 0.05) is 30.9 Å². The molecule has 2 aromatic carbocycles. The van der Waals surface area contributed by atoms with Gasteiger partial charge in [-0.1, -0.05) is 29.8 Å². The van der Waals surface area contributed by atoms with E-state index in [0.29, 0.717) is 18.6 Å². The number of benzene rings is 2. The van der Waals surface area contributed by atoms with E-state index in [1.54, 1.807) is 6.20 Å². The van der Waals surface area contributed by atoms with E-state index in [1.807, 2.05) is 67.6 Å². The Hall–Kier alpha value is -3.67. The smallest absolute Gasteiger partial charge is 0.224 e. The van der Waals surface area contributed by atoms with Crippen LogP contribution in [-0.2, 0) is 11.2 Å². The summed E-state index contributed by atoms with van der Waals surface area (Å²) in [5.74, 6) is 2.26. The van der Waals surface area contributed by atoms with E-state index < -0.39 is 0 Å². The van der Waals surface area contributed by atoms with Gasteiger partial charge in [0.25, 0.3) is 0 Å². The van der Waals surface area contributed by atoms with Crippen LogP contribution in [0.4, 0.5) is 5.69 Å². The summed E-state index contributed by atoms with van der Waals surface area (Å²) in [6.07, 6.45) is 2.81. The molecule has 0 fully saturated rings. The Balaban J connectivity index is 1.30. The van der Waals surface area contributed by atoms with Crippen LogP contribution in [-0.4, -0.2) is 29.8 Å². The van der Waals surface area contributed by atoms with E-state index >= 15 is 0 Å². The second-order valence-electron chi connectivity index (χ2n) is 7.19. The van der Waals surface area contributed by atoms with E-state index in [-0.39, 0.29) is 5.91 Å². The molecule has 1 amide bonds.